The molecule has 2 aliphatic heterocycles. The number of hydrogen-bond donors (Lipinski definition) is 1. The number of likely N-dealkylation sites (tertiary alicyclic amines) is 1. The molecule has 2 heterocycles. The highest BCUT2D eigenvalue weighted by Crippen LogP contribution is 2.38. The van der Waals surface area contributed by atoms with E-state index in [4.69, 9.17) is 4.74 Å². The van der Waals surface area contributed by atoms with Crippen molar-refractivity contribution in [1.29, 1.82) is 0 Å². The highest BCUT2D eigenvalue weighted by molar-refractivity contribution is 5.69. The molecule has 0 saturated carbocycles. The van der Waals surface area contributed by atoms with E-state index in [9.17, 15) is 4.79 Å². The van der Waals surface area contributed by atoms with E-state index in [1.807, 2.05) is 25.7 Å². The van der Waals surface area contributed by atoms with Crippen molar-refractivity contribution in [1.82, 2.24) is 10.2 Å². The van der Waals surface area contributed by atoms with Crippen molar-refractivity contribution in [2.75, 3.05) is 19.6 Å². The van der Waals surface area contributed by atoms with Crippen LogP contribution in [-0.2, 0) is 4.74 Å². The van der Waals surface area contributed by atoms with Gasteiger partial charge >= 0.3 is 6.09 Å². The average Bonchev–Trinajstić information content (AvgIpc) is 2.45. The number of ether oxygens (including phenoxy) is 1. The van der Waals surface area contributed by atoms with Gasteiger partial charge < -0.3 is 15.0 Å². The Morgan fingerprint density at radius 1 is 1.22 bits per heavy atom. The van der Waals surface area contributed by atoms with Crippen LogP contribution < -0.4 is 5.32 Å². The standard InChI is InChI=1S/C19H36N2O2/c1-14(15-8-11-20-12-9-15)16-7-10-19(5,6)13-21(16)17(22)23-18(2,3)4/h14-16,20H,7-13H2,1-6H3. The molecule has 0 aromatic heterocycles. The molecule has 4 heteroatoms. The molecule has 23 heavy (non-hydrogen) atoms. The number of piperidine rings is 2. The van der Waals surface area contributed by atoms with Gasteiger partial charge in [0.25, 0.3) is 0 Å². The van der Waals surface area contributed by atoms with Crippen LogP contribution in [0.3, 0.4) is 0 Å². The Morgan fingerprint density at radius 3 is 2.39 bits per heavy atom. The molecule has 4 nitrogen and oxygen atoms in total. The summed E-state index contributed by atoms with van der Waals surface area (Å²) in [6.07, 6.45) is 4.60. The van der Waals surface area contributed by atoms with Gasteiger partial charge in [-0.25, -0.2) is 4.79 Å². The van der Waals surface area contributed by atoms with Crippen molar-refractivity contribution < 1.29 is 9.53 Å². The van der Waals surface area contributed by atoms with Crippen LogP contribution in [0.2, 0.25) is 0 Å². The fourth-order valence-electron chi connectivity index (χ4n) is 4.10. The van der Waals surface area contributed by atoms with E-state index in [-0.39, 0.29) is 11.5 Å². The van der Waals surface area contributed by atoms with E-state index in [1.165, 1.54) is 19.3 Å². The van der Waals surface area contributed by atoms with Crippen LogP contribution in [0.5, 0.6) is 0 Å². The molecule has 1 amide bonds. The molecule has 0 aliphatic carbocycles. The lowest BCUT2D eigenvalue weighted by molar-refractivity contribution is -0.0239. The van der Waals surface area contributed by atoms with Crippen LogP contribution in [0.1, 0.15) is 67.2 Å². The molecule has 0 aromatic carbocycles. The quantitative estimate of drug-likeness (QED) is 0.833. The summed E-state index contributed by atoms with van der Waals surface area (Å²) in [5.74, 6) is 1.26. The zero-order chi connectivity index (χ0) is 17.3. The molecule has 0 radical (unpaired) electrons. The van der Waals surface area contributed by atoms with Crippen LogP contribution in [0.15, 0.2) is 0 Å². The van der Waals surface area contributed by atoms with Gasteiger partial charge in [-0.3, -0.25) is 0 Å². The molecule has 2 rings (SSSR count). The molecule has 1 N–H and O–H groups in total. The minimum absolute atomic E-state index is 0.129. The Hall–Kier alpha value is -0.770. The van der Waals surface area contributed by atoms with Gasteiger partial charge in [0.1, 0.15) is 5.60 Å². The largest absolute Gasteiger partial charge is 0.444 e. The fraction of sp³-hybridized carbons (Fsp3) is 0.947. The Kier molecular flexibility index (Phi) is 5.65. The van der Waals surface area contributed by atoms with E-state index in [2.05, 4.69) is 26.1 Å². The fourth-order valence-corrected chi connectivity index (χ4v) is 4.10. The summed E-state index contributed by atoms with van der Waals surface area (Å²) in [7, 11) is 0. The maximum atomic E-state index is 12.8. The van der Waals surface area contributed by atoms with Crippen molar-refractivity contribution in [3.8, 4) is 0 Å². The van der Waals surface area contributed by atoms with Crippen LogP contribution in [0.25, 0.3) is 0 Å². The molecule has 134 valence electrons. The molecule has 2 saturated heterocycles. The van der Waals surface area contributed by atoms with Crippen molar-refractivity contribution in [3.63, 3.8) is 0 Å². The first kappa shape index (κ1) is 18.6. The second kappa shape index (κ2) is 7.00. The SMILES string of the molecule is CC(C1CCNCC1)C1CCC(C)(C)CN1C(=O)OC(C)(C)C. The molecule has 0 aromatic rings. The summed E-state index contributed by atoms with van der Waals surface area (Å²) in [5.41, 5.74) is -0.248. The lowest BCUT2D eigenvalue weighted by Gasteiger charge is -2.48. The van der Waals surface area contributed by atoms with Crippen LogP contribution >= 0.6 is 0 Å². The molecular weight excluding hydrogens is 288 g/mol. The predicted molar refractivity (Wildman–Crippen MR) is 94.5 cm³/mol. The zero-order valence-electron chi connectivity index (χ0n) is 15.9. The van der Waals surface area contributed by atoms with Crippen molar-refractivity contribution in [3.05, 3.63) is 0 Å². The van der Waals surface area contributed by atoms with Gasteiger partial charge in [-0.2, -0.15) is 0 Å². The highest BCUT2D eigenvalue weighted by Gasteiger charge is 2.41. The number of carbonyl (C=O) groups is 1. The van der Waals surface area contributed by atoms with Gasteiger partial charge in [-0.1, -0.05) is 20.8 Å². The molecule has 2 unspecified atom stereocenters. The highest BCUT2D eigenvalue weighted by atomic mass is 16.6. The zero-order valence-corrected chi connectivity index (χ0v) is 15.9. The minimum atomic E-state index is -0.429. The van der Waals surface area contributed by atoms with E-state index in [0.29, 0.717) is 17.9 Å². The van der Waals surface area contributed by atoms with Crippen LogP contribution in [-0.4, -0.2) is 42.3 Å². The first-order valence-corrected chi connectivity index (χ1v) is 9.29. The molecule has 2 fully saturated rings. The molecule has 2 atom stereocenters. The number of hydrogen-bond acceptors (Lipinski definition) is 3. The summed E-state index contributed by atoms with van der Waals surface area (Å²) in [6, 6.07) is 0.320. The maximum Gasteiger partial charge on any atom is 0.410 e. The summed E-state index contributed by atoms with van der Waals surface area (Å²) < 4.78 is 5.71. The van der Waals surface area contributed by atoms with E-state index in [0.717, 1.165) is 26.1 Å². The smallest absolute Gasteiger partial charge is 0.410 e. The molecular formula is C19H36N2O2. The first-order chi connectivity index (χ1) is 10.6. The first-order valence-electron chi connectivity index (χ1n) is 9.29. The van der Waals surface area contributed by atoms with Crippen LogP contribution in [0, 0.1) is 17.3 Å². The van der Waals surface area contributed by atoms with Crippen molar-refractivity contribution in [2.24, 2.45) is 17.3 Å². The number of nitrogens with one attached hydrogen (secondary N) is 1. The lowest BCUT2D eigenvalue weighted by atomic mass is 9.73. The monoisotopic (exact) mass is 324 g/mol. The minimum Gasteiger partial charge on any atom is -0.444 e. The number of rotatable bonds is 2. The molecule has 2 aliphatic rings. The number of amides is 1. The third-order valence-corrected chi connectivity index (χ3v) is 5.48. The van der Waals surface area contributed by atoms with E-state index < -0.39 is 5.60 Å². The normalized spacial score (nSPS) is 27.6. The summed E-state index contributed by atoms with van der Waals surface area (Å²) >= 11 is 0. The third-order valence-electron chi connectivity index (χ3n) is 5.48. The van der Waals surface area contributed by atoms with Crippen molar-refractivity contribution >= 4 is 6.09 Å². The maximum absolute atomic E-state index is 12.8. The summed E-state index contributed by atoms with van der Waals surface area (Å²) in [4.78, 5) is 14.8. The topological polar surface area (TPSA) is 41.6 Å². The van der Waals surface area contributed by atoms with Gasteiger partial charge in [0.15, 0.2) is 0 Å². The van der Waals surface area contributed by atoms with Gasteiger partial charge in [0, 0.05) is 12.6 Å². The third kappa shape index (κ3) is 5.10. The van der Waals surface area contributed by atoms with Gasteiger partial charge in [-0.05, 0) is 76.8 Å². The molecule has 0 spiro atoms. The van der Waals surface area contributed by atoms with Gasteiger partial charge in [-0.15, -0.1) is 0 Å². The Balaban J connectivity index is 2.12. The average molecular weight is 325 g/mol. The van der Waals surface area contributed by atoms with Gasteiger partial charge in [0.05, 0.1) is 0 Å². The Labute approximate surface area is 142 Å². The predicted octanol–water partition coefficient (Wildman–Crippen LogP) is 4.05. The molecule has 0 bridgehead atoms. The van der Waals surface area contributed by atoms with Crippen molar-refractivity contribution in [2.45, 2.75) is 78.9 Å². The number of nitrogens with zero attached hydrogens (tertiary/aromatic N) is 1. The van der Waals surface area contributed by atoms with E-state index in [1.54, 1.807) is 0 Å². The van der Waals surface area contributed by atoms with E-state index >= 15 is 0 Å². The second-order valence-corrected chi connectivity index (χ2v) is 9.33. The Morgan fingerprint density at radius 2 is 1.83 bits per heavy atom. The second-order valence-electron chi connectivity index (χ2n) is 9.33. The van der Waals surface area contributed by atoms with Gasteiger partial charge in [0.2, 0.25) is 0 Å². The summed E-state index contributed by atoms with van der Waals surface area (Å²) in [6.45, 7) is 15.7. The lowest BCUT2D eigenvalue weighted by Crippen LogP contribution is -2.55. The summed E-state index contributed by atoms with van der Waals surface area (Å²) in [5, 5.41) is 3.45. The Bertz CT molecular complexity index is 408. The van der Waals surface area contributed by atoms with Crippen LogP contribution in [0.4, 0.5) is 4.79 Å². The number of carbonyl (C=O) groups excluding carboxylic acids is 1.